The molecular formula is C23H16ClF3N2O2. The highest BCUT2D eigenvalue weighted by atomic mass is 35.5. The zero-order valence-corrected chi connectivity index (χ0v) is 16.8. The lowest BCUT2D eigenvalue weighted by atomic mass is 10.0. The van der Waals surface area contributed by atoms with E-state index in [0.29, 0.717) is 16.1 Å². The fraction of sp³-hybridized carbons (Fsp3) is 0.130. The maximum atomic E-state index is 13.5. The number of para-hydroxylation sites is 2. The van der Waals surface area contributed by atoms with Crippen LogP contribution in [-0.4, -0.2) is 15.5 Å². The zero-order chi connectivity index (χ0) is 22.0. The Morgan fingerprint density at radius 1 is 0.935 bits per heavy atom. The molecule has 0 N–H and O–H groups in total. The van der Waals surface area contributed by atoms with Crippen LogP contribution in [0.3, 0.4) is 0 Å². The number of rotatable bonds is 5. The molecule has 0 aliphatic carbocycles. The second-order valence-corrected chi connectivity index (χ2v) is 7.28. The van der Waals surface area contributed by atoms with Crippen molar-refractivity contribution in [1.82, 2.24) is 9.55 Å². The van der Waals surface area contributed by atoms with Crippen molar-refractivity contribution in [3.8, 4) is 0 Å². The first-order valence-corrected chi connectivity index (χ1v) is 9.73. The van der Waals surface area contributed by atoms with Crippen molar-refractivity contribution in [3.63, 3.8) is 0 Å². The summed E-state index contributed by atoms with van der Waals surface area (Å²) < 4.78 is 47.0. The number of carbonyl (C=O) groups is 1. The summed E-state index contributed by atoms with van der Waals surface area (Å²) in [6.07, 6.45) is -5.51. The Morgan fingerprint density at radius 2 is 1.55 bits per heavy atom. The predicted octanol–water partition coefficient (Wildman–Crippen LogP) is 6.04. The minimum Gasteiger partial charge on any atom is -0.451 e. The van der Waals surface area contributed by atoms with Gasteiger partial charge < -0.3 is 9.30 Å². The molecular weight excluding hydrogens is 429 g/mol. The van der Waals surface area contributed by atoms with Crippen molar-refractivity contribution in [2.24, 2.45) is 0 Å². The fourth-order valence-corrected chi connectivity index (χ4v) is 3.47. The van der Waals surface area contributed by atoms with Gasteiger partial charge in [-0.15, -0.1) is 0 Å². The van der Waals surface area contributed by atoms with E-state index in [1.165, 1.54) is 12.1 Å². The average molecular weight is 445 g/mol. The molecule has 31 heavy (non-hydrogen) atoms. The summed E-state index contributed by atoms with van der Waals surface area (Å²) in [6.45, 7) is -0.633. The summed E-state index contributed by atoms with van der Waals surface area (Å²) in [5.74, 6) is -1.97. The molecule has 0 amide bonds. The second kappa shape index (κ2) is 8.43. The van der Waals surface area contributed by atoms with Crippen molar-refractivity contribution in [2.75, 3.05) is 0 Å². The highest BCUT2D eigenvalue weighted by molar-refractivity contribution is 6.30. The van der Waals surface area contributed by atoms with E-state index in [0.717, 1.165) is 4.57 Å². The third kappa shape index (κ3) is 4.56. The van der Waals surface area contributed by atoms with Crippen molar-refractivity contribution >= 4 is 28.6 Å². The Hall–Kier alpha value is -3.32. The van der Waals surface area contributed by atoms with Crippen LogP contribution in [0.15, 0.2) is 78.9 Å². The third-order valence-electron chi connectivity index (χ3n) is 4.72. The number of benzene rings is 3. The number of esters is 1. The SMILES string of the molecule is O=C(Cn1c(C(F)(F)F)nc2ccccc21)O[C@H](c1ccccc1)c1ccc(Cl)cc1. The van der Waals surface area contributed by atoms with E-state index >= 15 is 0 Å². The second-order valence-electron chi connectivity index (χ2n) is 6.84. The Labute approximate surface area is 180 Å². The smallest absolute Gasteiger partial charge is 0.449 e. The summed E-state index contributed by atoms with van der Waals surface area (Å²) in [6, 6.07) is 21.8. The largest absolute Gasteiger partial charge is 0.451 e. The molecule has 0 saturated carbocycles. The minimum atomic E-state index is -4.71. The number of hydrogen-bond acceptors (Lipinski definition) is 3. The Morgan fingerprint density at radius 3 is 2.23 bits per heavy atom. The molecule has 4 aromatic rings. The zero-order valence-electron chi connectivity index (χ0n) is 16.0. The lowest BCUT2D eigenvalue weighted by Crippen LogP contribution is -2.22. The number of nitrogens with zero attached hydrogens (tertiary/aromatic N) is 2. The quantitative estimate of drug-likeness (QED) is 0.352. The molecule has 8 heteroatoms. The molecule has 1 heterocycles. The van der Waals surface area contributed by atoms with Crippen LogP contribution in [0.2, 0.25) is 5.02 Å². The van der Waals surface area contributed by atoms with Gasteiger partial charge in [0.15, 0.2) is 6.10 Å². The van der Waals surface area contributed by atoms with Gasteiger partial charge in [-0.05, 0) is 35.4 Å². The van der Waals surface area contributed by atoms with Crippen LogP contribution in [0.1, 0.15) is 23.1 Å². The molecule has 0 aliphatic rings. The first-order valence-electron chi connectivity index (χ1n) is 9.35. The third-order valence-corrected chi connectivity index (χ3v) is 4.97. The van der Waals surface area contributed by atoms with Crippen LogP contribution < -0.4 is 0 Å². The van der Waals surface area contributed by atoms with Crippen LogP contribution in [0.25, 0.3) is 11.0 Å². The Balaban J connectivity index is 1.67. The van der Waals surface area contributed by atoms with Gasteiger partial charge in [0.1, 0.15) is 6.54 Å². The van der Waals surface area contributed by atoms with Gasteiger partial charge in [0.2, 0.25) is 5.82 Å². The average Bonchev–Trinajstić information content (AvgIpc) is 3.12. The molecule has 0 bridgehead atoms. The van der Waals surface area contributed by atoms with E-state index in [1.807, 2.05) is 6.07 Å². The summed E-state index contributed by atoms with van der Waals surface area (Å²) >= 11 is 5.95. The molecule has 0 radical (unpaired) electrons. The topological polar surface area (TPSA) is 44.1 Å². The van der Waals surface area contributed by atoms with Gasteiger partial charge >= 0.3 is 12.1 Å². The summed E-state index contributed by atoms with van der Waals surface area (Å²) in [5.41, 5.74) is 1.69. The van der Waals surface area contributed by atoms with Gasteiger partial charge in [-0.1, -0.05) is 66.2 Å². The molecule has 4 nitrogen and oxygen atoms in total. The van der Waals surface area contributed by atoms with E-state index in [2.05, 4.69) is 4.98 Å². The lowest BCUT2D eigenvalue weighted by Gasteiger charge is -2.20. The number of ether oxygens (including phenoxy) is 1. The Bertz CT molecular complexity index is 1210. The Kier molecular flexibility index (Phi) is 5.69. The van der Waals surface area contributed by atoms with Crippen LogP contribution in [0, 0.1) is 0 Å². The van der Waals surface area contributed by atoms with E-state index in [4.69, 9.17) is 16.3 Å². The van der Waals surface area contributed by atoms with E-state index in [9.17, 15) is 18.0 Å². The lowest BCUT2D eigenvalue weighted by molar-refractivity contribution is -0.152. The molecule has 0 saturated heterocycles. The molecule has 4 rings (SSSR count). The van der Waals surface area contributed by atoms with Gasteiger partial charge in [0.25, 0.3) is 0 Å². The number of alkyl halides is 3. The van der Waals surface area contributed by atoms with E-state index < -0.39 is 30.6 Å². The summed E-state index contributed by atoms with van der Waals surface area (Å²) in [4.78, 5) is 16.5. The van der Waals surface area contributed by atoms with Gasteiger partial charge in [-0.2, -0.15) is 13.2 Å². The number of fused-ring (bicyclic) bond motifs is 1. The monoisotopic (exact) mass is 444 g/mol. The fourth-order valence-electron chi connectivity index (χ4n) is 3.34. The van der Waals surface area contributed by atoms with Crippen molar-refractivity contribution in [2.45, 2.75) is 18.8 Å². The number of imidazole rings is 1. The predicted molar refractivity (Wildman–Crippen MR) is 111 cm³/mol. The molecule has 3 aromatic carbocycles. The minimum absolute atomic E-state index is 0.153. The highest BCUT2D eigenvalue weighted by Gasteiger charge is 2.38. The van der Waals surface area contributed by atoms with E-state index in [-0.39, 0.29) is 11.0 Å². The molecule has 0 unspecified atom stereocenters. The number of carbonyl (C=O) groups excluding carboxylic acids is 1. The van der Waals surface area contributed by atoms with Gasteiger partial charge in [-0.3, -0.25) is 4.79 Å². The summed E-state index contributed by atoms with van der Waals surface area (Å²) in [7, 11) is 0. The van der Waals surface area contributed by atoms with Crippen LogP contribution in [-0.2, 0) is 22.3 Å². The van der Waals surface area contributed by atoms with Gasteiger partial charge in [0.05, 0.1) is 11.0 Å². The first-order chi connectivity index (χ1) is 14.8. The summed E-state index contributed by atoms with van der Waals surface area (Å²) in [5, 5.41) is 0.515. The van der Waals surface area contributed by atoms with Gasteiger partial charge in [-0.25, -0.2) is 4.98 Å². The molecule has 0 aliphatic heterocycles. The maximum Gasteiger partial charge on any atom is 0.449 e. The number of hydrogen-bond donors (Lipinski definition) is 0. The number of halogens is 4. The molecule has 1 aromatic heterocycles. The van der Waals surface area contributed by atoms with Crippen molar-refractivity contribution in [1.29, 1.82) is 0 Å². The molecule has 158 valence electrons. The standard InChI is InChI=1S/C23H16ClF3N2O2/c24-17-12-10-16(11-13-17)21(15-6-2-1-3-7-15)31-20(30)14-29-19-9-5-4-8-18(19)28-22(29)23(25,26)27/h1-13,21H,14H2/t21-/m1/s1. The van der Waals surface area contributed by atoms with Crippen LogP contribution in [0.5, 0.6) is 0 Å². The van der Waals surface area contributed by atoms with Gasteiger partial charge in [0, 0.05) is 5.02 Å². The van der Waals surface area contributed by atoms with Crippen molar-refractivity contribution in [3.05, 3.63) is 101 Å². The molecule has 0 fully saturated rings. The van der Waals surface area contributed by atoms with E-state index in [1.54, 1.807) is 60.7 Å². The maximum absolute atomic E-state index is 13.5. The van der Waals surface area contributed by atoms with Crippen molar-refractivity contribution < 1.29 is 22.7 Å². The van der Waals surface area contributed by atoms with Crippen LogP contribution >= 0.6 is 11.6 Å². The normalized spacial score (nSPS) is 12.6. The number of aromatic nitrogens is 2. The highest BCUT2D eigenvalue weighted by Crippen LogP contribution is 2.32. The molecule has 0 spiro atoms. The molecule has 1 atom stereocenters. The van der Waals surface area contributed by atoms with Crippen LogP contribution in [0.4, 0.5) is 13.2 Å². The first kappa shape index (κ1) is 20.9.